The number of nitrogens with one attached hydrogen (secondary N) is 1. The number of nitrogens with zero attached hydrogens (tertiary/aromatic N) is 2. The third-order valence-electron chi connectivity index (χ3n) is 5.29. The maximum absolute atomic E-state index is 4.30. The van der Waals surface area contributed by atoms with Gasteiger partial charge in [0.2, 0.25) is 5.13 Å². The molecule has 4 heteroatoms. The van der Waals surface area contributed by atoms with E-state index < -0.39 is 0 Å². The van der Waals surface area contributed by atoms with E-state index in [9.17, 15) is 0 Å². The standard InChI is InChI=1S/C14H21N3S/c1-2-12-16-17-14(18-12)15-13-10-4-8-3-9(6-10)7-11(13)5-8/h8-11,13H,2-7H2,1H3,(H,15,17). The zero-order valence-corrected chi connectivity index (χ0v) is 11.7. The molecule has 4 aliphatic carbocycles. The van der Waals surface area contributed by atoms with Gasteiger partial charge in [0, 0.05) is 6.04 Å². The number of hydrogen-bond acceptors (Lipinski definition) is 4. The molecule has 0 aliphatic heterocycles. The fraction of sp³-hybridized carbons (Fsp3) is 0.857. The number of anilines is 1. The summed E-state index contributed by atoms with van der Waals surface area (Å²) in [4.78, 5) is 0. The Morgan fingerprint density at radius 3 is 2.28 bits per heavy atom. The predicted octanol–water partition coefficient (Wildman–Crippen LogP) is 3.34. The lowest BCUT2D eigenvalue weighted by atomic mass is 9.54. The Kier molecular flexibility index (Phi) is 2.61. The first-order valence-corrected chi connectivity index (χ1v) is 8.22. The summed E-state index contributed by atoms with van der Waals surface area (Å²) in [6, 6.07) is 0.690. The van der Waals surface area contributed by atoms with Crippen molar-refractivity contribution in [2.24, 2.45) is 23.7 Å². The minimum absolute atomic E-state index is 0.690. The molecule has 1 aromatic rings. The van der Waals surface area contributed by atoms with Crippen molar-refractivity contribution in [3.8, 4) is 0 Å². The minimum atomic E-state index is 0.690. The fourth-order valence-electron chi connectivity index (χ4n) is 4.76. The summed E-state index contributed by atoms with van der Waals surface area (Å²) in [5.41, 5.74) is 0. The van der Waals surface area contributed by atoms with E-state index in [4.69, 9.17) is 0 Å². The van der Waals surface area contributed by atoms with Gasteiger partial charge in [-0.3, -0.25) is 0 Å². The molecule has 0 radical (unpaired) electrons. The average molecular weight is 263 g/mol. The molecular formula is C14H21N3S. The van der Waals surface area contributed by atoms with E-state index in [-0.39, 0.29) is 0 Å². The highest BCUT2D eigenvalue weighted by molar-refractivity contribution is 7.15. The van der Waals surface area contributed by atoms with Crippen molar-refractivity contribution >= 4 is 16.5 Å². The predicted molar refractivity (Wildman–Crippen MR) is 73.7 cm³/mol. The molecule has 5 rings (SSSR count). The molecule has 0 spiro atoms. The van der Waals surface area contributed by atoms with Gasteiger partial charge in [-0.15, -0.1) is 10.2 Å². The van der Waals surface area contributed by atoms with Gasteiger partial charge in [0.15, 0.2) is 0 Å². The van der Waals surface area contributed by atoms with Crippen LogP contribution in [-0.2, 0) is 6.42 Å². The van der Waals surface area contributed by atoms with Gasteiger partial charge in [-0.1, -0.05) is 18.3 Å². The molecule has 4 aliphatic rings. The van der Waals surface area contributed by atoms with Crippen molar-refractivity contribution in [2.45, 2.75) is 51.5 Å². The molecule has 0 saturated heterocycles. The van der Waals surface area contributed by atoms with Gasteiger partial charge in [-0.25, -0.2) is 0 Å². The molecule has 4 fully saturated rings. The SMILES string of the molecule is CCc1nnc(NC2C3CC4CC(C3)CC2C4)s1. The summed E-state index contributed by atoms with van der Waals surface area (Å²) in [5, 5.41) is 14.5. The highest BCUT2D eigenvalue weighted by atomic mass is 32.1. The number of aromatic nitrogens is 2. The van der Waals surface area contributed by atoms with Crippen LogP contribution in [-0.4, -0.2) is 16.2 Å². The van der Waals surface area contributed by atoms with Crippen LogP contribution in [0.4, 0.5) is 5.13 Å². The number of aryl methyl sites for hydroxylation is 1. The average Bonchev–Trinajstić information content (AvgIpc) is 2.80. The van der Waals surface area contributed by atoms with Crippen LogP contribution in [0, 0.1) is 23.7 Å². The van der Waals surface area contributed by atoms with Crippen LogP contribution < -0.4 is 5.32 Å². The molecule has 98 valence electrons. The van der Waals surface area contributed by atoms with E-state index in [2.05, 4.69) is 22.4 Å². The Morgan fingerprint density at radius 2 is 1.72 bits per heavy atom. The van der Waals surface area contributed by atoms with Crippen molar-refractivity contribution in [3.05, 3.63) is 5.01 Å². The van der Waals surface area contributed by atoms with Crippen LogP contribution >= 0.6 is 11.3 Å². The summed E-state index contributed by atoms with van der Waals surface area (Å²) < 4.78 is 0. The zero-order chi connectivity index (χ0) is 12.1. The highest BCUT2D eigenvalue weighted by Gasteiger charge is 2.48. The largest absolute Gasteiger partial charge is 0.357 e. The molecule has 0 amide bonds. The minimum Gasteiger partial charge on any atom is -0.357 e. The molecule has 4 saturated carbocycles. The third kappa shape index (κ3) is 1.77. The summed E-state index contributed by atoms with van der Waals surface area (Å²) >= 11 is 1.74. The van der Waals surface area contributed by atoms with Crippen molar-refractivity contribution in [2.75, 3.05) is 5.32 Å². The molecule has 0 aromatic carbocycles. The van der Waals surface area contributed by atoms with E-state index in [0.29, 0.717) is 6.04 Å². The highest BCUT2D eigenvalue weighted by Crippen LogP contribution is 2.54. The van der Waals surface area contributed by atoms with Crippen LogP contribution in [0.3, 0.4) is 0 Å². The summed E-state index contributed by atoms with van der Waals surface area (Å²) in [6.07, 6.45) is 8.38. The first kappa shape index (κ1) is 11.2. The van der Waals surface area contributed by atoms with Gasteiger partial charge >= 0.3 is 0 Å². The summed E-state index contributed by atoms with van der Waals surface area (Å²) in [7, 11) is 0. The molecule has 1 heterocycles. The molecule has 4 bridgehead atoms. The number of hydrogen-bond donors (Lipinski definition) is 1. The van der Waals surface area contributed by atoms with Crippen LogP contribution in [0.25, 0.3) is 0 Å². The van der Waals surface area contributed by atoms with Gasteiger partial charge in [-0.05, 0) is 62.2 Å². The quantitative estimate of drug-likeness (QED) is 0.909. The second kappa shape index (κ2) is 4.19. The van der Waals surface area contributed by atoms with Crippen molar-refractivity contribution in [1.82, 2.24) is 10.2 Å². The smallest absolute Gasteiger partial charge is 0.205 e. The van der Waals surface area contributed by atoms with Crippen molar-refractivity contribution < 1.29 is 0 Å². The van der Waals surface area contributed by atoms with Gasteiger partial charge in [0.05, 0.1) is 0 Å². The zero-order valence-electron chi connectivity index (χ0n) is 10.9. The fourth-order valence-corrected chi connectivity index (χ4v) is 5.48. The van der Waals surface area contributed by atoms with Crippen LogP contribution in [0.2, 0.25) is 0 Å². The molecular weight excluding hydrogens is 242 g/mol. The maximum atomic E-state index is 4.30. The summed E-state index contributed by atoms with van der Waals surface area (Å²) in [6.45, 7) is 2.15. The van der Waals surface area contributed by atoms with Crippen LogP contribution in [0.15, 0.2) is 0 Å². The lowest BCUT2D eigenvalue weighted by molar-refractivity contribution is 0.00752. The Hall–Kier alpha value is -0.640. The topological polar surface area (TPSA) is 37.8 Å². The van der Waals surface area contributed by atoms with E-state index in [0.717, 1.165) is 40.2 Å². The Bertz CT molecular complexity index is 414. The Balaban J connectivity index is 1.51. The molecule has 18 heavy (non-hydrogen) atoms. The van der Waals surface area contributed by atoms with Crippen molar-refractivity contribution in [3.63, 3.8) is 0 Å². The first-order valence-electron chi connectivity index (χ1n) is 7.40. The van der Waals surface area contributed by atoms with Gasteiger partial charge < -0.3 is 5.32 Å². The van der Waals surface area contributed by atoms with Gasteiger partial charge in [0.1, 0.15) is 5.01 Å². The second-order valence-corrected chi connectivity index (χ2v) is 7.52. The lowest BCUT2D eigenvalue weighted by Gasteiger charge is -2.54. The molecule has 3 nitrogen and oxygen atoms in total. The second-order valence-electron chi connectivity index (χ2n) is 6.46. The number of rotatable bonds is 3. The monoisotopic (exact) mass is 263 g/mol. The Morgan fingerprint density at radius 1 is 1.06 bits per heavy atom. The van der Waals surface area contributed by atoms with Crippen LogP contribution in [0.5, 0.6) is 0 Å². The van der Waals surface area contributed by atoms with E-state index in [1.54, 1.807) is 11.3 Å². The first-order chi connectivity index (χ1) is 8.81. The van der Waals surface area contributed by atoms with Crippen molar-refractivity contribution in [1.29, 1.82) is 0 Å². The van der Waals surface area contributed by atoms with Gasteiger partial charge in [-0.2, -0.15) is 0 Å². The molecule has 0 unspecified atom stereocenters. The van der Waals surface area contributed by atoms with E-state index in [1.807, 2.05) is 0 Å². The van der Waals surface area contributed by atoms with E-state index >= 15 is 0 Å². The normalized spacial score (nSPS) is 41.3. The molecule has 0 atom stereocenters. The van der Waals surface area contributed by atoms with E-state index in [1.165, 1.54) is 32.1 Å². The van der Waals surface area contributed by atoms with Gasteiger partial charge in [0.25, 0.3) is 0 Å². The van der Waals surface area contributed by atoms with Crippen LogP contribution in [0.1, 0.15) is 44.0 Å². The molecule has 1 N–H and O–H groups in total. The third-order valence-corrected chi connectivity index (χ3v) is 6.28. The Labute approximate surface area is 112 Å². The lowest BCUT2D eigenvalue weighted by Crippen LogP contribution is -2.51. The molecule has 1 aromatic heterocycles. The maximum Gasteiger partial charge on any atom is 0.205 e. The summed E-state index contributed by atoms with van der Waals surface area (Å²) in [5.74, 6) is 3.92.